The predicted molar refractivity (Wildman–Crippen MR) is 136 cm³/mol. The van der Waals surface area contributed by atoms with Crippen molar-refractivity contribution in [3.05, 3.63) is 79.4 Å². The monoisotopic (exact) mass is 435 g/mol. The van der Waals surface area contributed by atoms with E-state index in [1.54, 1.807) is 14.0 Å². The highest BCUT2D eigenvalue weighted by Gasteiger charge is 2.28. The van der Waals surface area contributed by atoms with Crippen LogP contribution in [0.5, 0.6) is 5.75 Å². The fourth-order valence-corrected chi connectivity index (χ4v) is 3.58. The molecule has 0 saturated heterocycles. The number of methoxy groups -OCH3 is 1. The summed E-state index contributed by atoms with van der Waals surface area (Å²) in [6.45, 7) is 17.3. The third-order valence-electron chi connectivity index (χ3n) is 5.25. The number of aliphatic hydroxyl groups excluding tert-OH is 1. The quantitative estimate of drug-likeness (QED) is 0.489. The summed E-state index contributed by atoms with van der Waals surface area (Å²) in [5, 5.41) is 11.9. The Morgan fingerprint density at radius 2 is 1.66 bits per heavy atom. The van der Waals surface area contributed by atoms with Crippen LogP contribution >= 0.6 is 0 Å². The molecule has 0 radical (unpaired) electrons. The summed E-state index contributed by atoms with van der Waals surface area (Å²) in [7, 11) is 1.71. The number of fused-ring (bicyclic) bond motifs is 1. The lowest BCUT2D eigenvalue weighted by Crippen LogP contribution is -2.34. The number of ether oxygens (including phenoxy) is 2. The van der Waals surface area contributed by atoms with E-state index in [-0.39, 0.29) is 23.9 Å². The Hall–Kier alpha value is -2.82. The molecule has 32 heavy (non-hydrogen) atoms. The normalized spacial score (nSPS) is 16.7. The highest BCUT2D eigenvalue weighted by molar-refractivity contribution is 5.86. The summed E-state index contributed by atoms with van der Waals surface area (Å²) in [5.41, 5.74) is 5.56. The van der Waals surface area contributed by atoms with Crippen LogP contribution in [-0.4, -0.2) is 36.1 Å². The molecule has 4 nitrogen and oxygen atoms in total. The lowest BCUT2D eigenvalue weighted by atomic mass is 9.86. The minimum Gasteiger partial charge on any atom is -0.496 e. The van der Waals surface area contributed by atoms with Crippen molar-refractivity contribution in [3.63, 3.8) is 0 Å². The highest BCUT2D eigenvalue weighted by Crippen LogP contribution is 2.40. The molecule has 0 spiro atoms. The Morgan fingerprint density at radius 3 is 2.25 bits per heavy atom. The topological polar surface area (TPSA) is 50.7 Å². The minimum absolute atomic E-state index is 0.000233. The second-order valence-electron chi connectivity index (χ2n) is 8.60. The molecule has 3 rings (SSSR count). The van der Waals surface area contributed by atoms with E-state index >= 15 is 0 Å². The van der Waals surface area contributed by atoms with Gasteiger partial charge in [0.1, 0.15) is 5.75 Å². The Balaban J connectivity index is 0.000000654. The number of rotatable bonds is 7. The van der Waals surface area contributed by atoms with Gasteiger partial charge in [0.15, 0.2) is 0 Å². The maximum Gasteiger partial charge on any atom is 0.126 e. The first-order valence-electron chi connectivity index (χ1n) is 11.0. The summed E-state index contributed by atoms with van der Waals surface area (Å²) in [4.78, 5) is 0. The molecular formula is C28H37NO3. The molecule has 172 valence electrons. The molecule has 0 saturated carbocycles. The van der Waals surface area contributed by atoms with E-state index in [0.717, 1.165) is 22.6 Å². The third kappa shape index (κ3) is 6.59. The van der Waals surface area contributed by atoms with Gasteiger partial charge in [-0.1, -0.05) is 42.5 Å². The molecule has 0 amide bonds. The van der Waals surface area contributed by atoms with Gasteiger partial charge in [-0.15, -0.1) is 13.2 Å². The summed E-state index contributed by atoms with van der Waals surface area (Å²) in [6, 6.07) is 14.6. The van der Waals surface area contributed by atoms with Gasteiger partial charge in [-0.05, 0) is 64.0 Å². The zero-order valence-corrected chi connectivity index (χ0v) is 20.2. The maximum absolute atomic E-state index is 8.24. The van der Waals surface area contributed by atoms with Crippen molar-refractivity contribution in [2.75, 3.05) is 12.4 Å². The highest BCUT2D eigenvalue weighted by atomic mass is 16.5. The van der Waals surface area contributed by atoms with Crippen LogP contribution in [-0.2, 0) is 4.74 Å². The SMILES string of the molecule is C=CC(C)O.C=CC(C)OC(C)C1=CC(C)(C)Nc2ccc(-c3ccccc3OC)cc21. The number of hydrogen-bond acceptors (Lipinski definition) is 4. The van der Waals surface area contributed by atoms with Gasteiger partial charge in [0.25, 0.3) is 0 Å². The van der Waals surface area contributed by atoms with E-state index < -0.39 is 0 Å². The predicted octanol–water partition coefficient (Wildman–Crippen LogP) is 6.48. The molecule has 0 aliphatic carbocycles. The number of benzene rings is 2. The van der Waals surface area contributed by atoms with Crippen LogP contribution < -0.4 is 10.1 Å². The number of aliphatic hydroxyl groups is 1. The molecule has 1 aliphatic heterocycles. The molecular weight excluding hydrogens is 398 g/mol. The van der Waals surface area contributed by atoms with E-state index in [1.807, 2.05) is 31.2 Å². The van der Waals surface area contributed by atoms with Crippen LogP contribution in [0, 0.1) is 0 Å². The lowest BCUT2D eigenvalue weighted by molar-refractivity contribution is 0.0688. The van der Waals surface area contributed by atoms with Gasteiger partial charge >= 0.3 is 0 Å². The van der Waals surface area contributed by atoms with Crippen molar-refractivity contribution in [3.8, 4) is 16.9 Å². The molecule has 4 heteroatoms. The van der Waals surface area contributed by atoms with Crippen molar-refractivity contribution < 1.29 is 14.6 Å². The zero-order valence-electron chi connectivity index (χ0n) is 20.2. The molecule has 0 fully saturated rings. The van der Waals surface area contributed by atoms with Crippen LogP contribution in [0.1, 0.15) is 40.2 Å². The van der Waals surface area contributed by atoms with Gasteiger partial charge in [-0.25, -0.2) is 0 Å². The Kier molecular flexibility index (Phi) is 8.88. The molecule has 1 aliphatic rings. The lowest BCUT2D eigenvalue weighted by Gasteiger charge is -2.35. The smallest absolute Gasteiger partial charge is 0.126 e. The first kappa shape index (κ1) is 25.4. The molecule has 1 heterocycles. The molecule has 2 aromatic rings. The van der Waals surface area contributed by atoms with Crippen molar-refractivity contribution in [1.29, 1.82) is 0 Å². The van der Waals surface area contributed by atoms with E-state index in [9.17, 15) is 0 Å². The van der Waals surface area contributed by atoms with E-state index in [4.69, 9.17) is 14.6 Å². The number of para-hydroxylation sites is 1. The van der Waals surface area contributed by atoms with Crippen LogP contribution in [0.2, 0.25) is 0 Å². The summed E-state index contributed by atoms with van der Waals surface area (Å²) < 4.78 is 11.7. The molecule has 3 unspecified atom stereocenters. The van der Waals surface area contributed by atoms with Gasteiger partial charge in [0.05, 0.1) is 31.0 Å². The molecule has 0 bridgehead atoms. The zero-order chi connectivity index (χ0) is 23.9. The van der Waals surface area contributed by atoms with Gasteiger partial charge < -0.3 is 19.9 Å². The van der Waals surface area contributed by atoms with Crippen molar-refractivity contribution in [1.82, 2.24) is 0 Å². The fraction of sp³-hybridized carbons (Fsp3) is 0.357. The molecule has 0 aromatic heterocycles. The summed E-state index contributed by atoms with van der Waals surface area (Å²) in [6.07, 6.45) is 5.18. The average molecular weight is 436 g/mol. The van der Waals surface area contributed by atoms with Crippen LogP contribution in [0.15, 0.2) is 73.9 Å². The summed E-state index contributed by atoms with van der Waals surface area (Å²) in [5.74, 6) is 0.872. The van der Waals surface area contributed by atoms with Gasteiger partial charge in [0, 0.05) is 16.8 Å². The van der Waals surface area contributed by atoms with Crippen molar-refractivity contribution >= 4 is 11.3 Å². The number of anilines is 1. The van der Waals surface area contributed by atoms with Gasteiger partial charge in [-0.2, -0.15) is 0 Å². The minimum atomic E-state index is -0.352. The average Bonchev–Trinajstić information content (AvgIpc) is 2.77. The van der Waals surface area contributed by atoms with Gasteiger partial charge in [0.2, 0.25) is 0 Å². The second-order valence-corrected chi connectivity index (χ2v) is 8.60. The van der Waals surface area contributed by atoms with Crippen molar-refractivity contribution in [2.45, 2.75) is 58.5 Å². The number of nitrogens with one attached hydrogen (secondary N) is 1. The largest absolute Gasteiger partial charge is 0.496 e. The fourth-order valence-electron chi connectivity index (χ4n) is 3.58. The maximum atomic E-state index is 8.24. The van der Waals surface area contributed by atoms with Crippen molar-refractivity contribution in [2.24, 2.45) is 0 Å². The Morgan fingerprint density at radius 1 is 1.00 bits per heavy atom. The molecule has 3 atom stereocenters. The van der Waals surface area contributed by atoms with E-state index in [0.29, 0.717) is 0 Å². The molecule has 2 aromatic carbocycles. The second kappa shape index (κ2) is 11.2. The first-order valence-corrected chi connectivity index (χ1v) is 11.0. The van der Waals surface area contributed by atoms with E-state index in [1.165, 1.54) is 17.2 Å². The standard InChI is InChI=1S/C24H29NO2.C4H8O/c1-7-16(2)27-17(3)21-15-24(4,5)25-22-13-12-18(14-20(21)22)19-10-8-9-11-23(19)26-6;1-3-4(2)5/h7-17,25H,1H2,2-6H3;3-5H,1H2,2H3. The molecule has 2 N–H and O–H groups in total. The third-order valence-corrected chi connectivity index (χ3v) is 5.25. The summed E-state index contributed by atoms with van der Waals surface area (Å²) >= 11 is 0. The van der Waals surface area contributed by atoms with Crippen LogP contribution in [0.3, 0.4) is 0 Å². The van der Waals surface area contributed by atoms with Crippen LogP contribution in [0.25, 0.3) is 16.7 Å². The number of hydrogen-bond donors (Lipinski definition) is 2. The Bertz CT molecular complexity index is 959. The van der Waals surface area contributed by atoms with E-state index in [2.05, 4.69) is 69.6 Å². The Labute approximate surface area is 193 Å². The first-order chi connectivity index (χ1) is 15.1. The van der Waals surface area contributed by atoms with Crippen LogP contribution in [0.4, 0.5) is 5.69 Å². The van der Waals surface area contributed by atoms with Gasteiger partial charge in [-0.3, -0.25) is 0 Å².